The van der Waals surface area contributed by atoms with Gasteiger partial charge in [0.2, 0.25) is 10.0 Å². The second-order valence-electron chi connectivity index (χ2n) is 7.85. The number of sulfonamides is 1. The van der Waals surface area contributed by atoms with Gasteiger partial charge in [0.05, 0.1) is 4.90 Å². The lowest BCUT2D eigenvalue weighted by molar-refractivity contribution is 0.0523. The Bertz CT molecular complexity index is 1150. The third kappa shape index (κ3) is 5.77. The van der Waals surface area contributed by atoms with Crippen molar-refractivity contribution in [3.05, 3.63) is 72.1 Å². The molecule has 7 nitrogen and oxygen atoms in total. The topological polar surface area (TPSA) is 97.4 Å². The molecule has 0 aliphatic heterocycles. The molecule has 0 saturated heterocycles. The monoisotopic (exact) mass is 427 g/mol. The Morgan fingerprint density at radius 1 is 1.03 bits per heavy atom. The minimum absolute atomic E-state index is 0.129. The average Bonchev–Trinajstić information content (AvgIpc) is 2.69. The van der Waals surface area contributed by atoms with Crippen LogP contribution in [0.3, 0.4) is 0 Å². The normalized spacial score (nSPS) is 12.0. The molecule has 2 aromatic carbocycles. The number of amides is 1. The molecule has 0 saturated carbocycles. The Labute approximate surface area is 176 Å². The third-order valence-corrected chi connectivity index (χ3v) is 5.68. The van der Waals surface area contributed by atoms with E-state index in [9.17, 15) is 13.2 Å². The van der Waals surface area contributed by atoms with Crippen molar-refractivity contribution in [1.29, 1.82) is 0 Å². The van der Waals surface area contributed by atoms with Crippen LogP contribution < -0.4 is 10.0 Å². The van der Waals surface area contributed by atoms with E-state index >= 15 is 0 Å². The Hall–Kier alpha value is -2.97. The molecule has 0 fully saturated rings. The van der Waals surface area contributed by atoms with Crippen molar-refractivity contribution in [2.45, 2.75) is 44.4 Å². The highest BCUT2D eigenvalue weighted by molar-refractivity contribution is 7.89. The SMILES string of the molecule is CC(C)(C)OC(=O)NCc1cccc(CNS(=O)(=O)c2cccc3cnccc23)c1. The molecule has 0 aliphatic rings. The Morgan fingerprint density at radius 2 is 1.73 bits per heavy atom. The minimum Gasteiger partial charge on any atom is -0.444 e. The zero-order chi connectivity index (χ0) is 21.8. The van der Waals surface area contributed by atoms with E-state index in [1.54, 1.807) is 51.4 Å². The largest absolute Gasteiger partial charge is 0.444 e. The summed E-state index contributed by atoms with van der Waals surface area (Å²) in [7, 11) is -3.71. The lowest BCUT2D eigenvalue weighted by atomic mass is 10.1. The van der Waals surface area contributed by atoms with E-state index in [1.165, 1.54) is 0 Å². The van der Waals surface area contributed by atoms with Gasteiger partial charge >= 0.3 is 6.09 Å². The van der Waals surface area contributed by atoms with Gasteiger partial charge in [0, 0.05) is 36.3 Å². The molecule has 0 aliphatic carbocycles. The van der Waals surface area contributed by atoms with Gasteiger partial charge in [0.1, 0.15) is 5.60 Å². The molecule has 1 heterocycles. The van der Waals surface area contributed by atoms with Crippen LogP contribution in [0.1, 0.15) is 31.9 Å². The molecule has 0 unspecified atom stereocenters. The maximum absolute atomic E-state index is 12.8. The maximum atomic E-state index is 12.8. The van der Waals surface area contributed by atoms with Gasteiger partial charge in [-0.15, -0.1) is 0 Å². The van der Waals surface area contributed by atoms with Gasteiger partial charge in [-0.05, 0) is 44.0 Å². The molecule has 1 aromatic heterocycles. The summed E-state index contributed by atoms with van der Waals surface area (Å²) in [6.07, 6.45) is 2.71. The van der Waals surface area contributed by atoms with Crippen LogP contribution in [-0.2, 0) is 27.8 Å². The zero-order valence-corrected chi connectivity index (χ0v) is 18.0. The summed E-state index contributed by atoms with van der Waals surface area (Å²) in [5.74, 6) is 0. The highest BCUT2D eigenvalue weighted by Gasteiger charge is 2.17. The number of benzene rings is 2. The predicted molar refractivity (Wildman–Crippen MR) is 115 cm³/mol. The number of pyridine rings is 1. The fourth-order valence-corrected chi connectivity index (χ4v) is 4.17. The van der Waals surface area contributed by atoms with E-state index in [0.29, 0.717) is 5.39 Å². The number of carbonyl (C=O) groups is 1. The van der Waals surface area contributed by atoms with Crippen LogP contribution in [0.4, 0.5) is 4.79 Å². The molecular weight excluding hydrogens is 402 g/mol. The number of nitrogens with zero attached hydrogens (tertiary/aromatic N) is 1. The highest BCUT2D eigenvalue weighted by Crippen LogP contribution is 2.22. The molecule has 3 rings (SSSR count). The number of aromatic nitrogens is 1. The van der Waals surface area contributed by atoms with E-state index in [-0.39, 0.29) is 18.0 Å². The lowest BCUT2D eigenvalue weighted by Crippen LogP contribution is -2.32. The summed E-state index contributed by atoms with van der Waals surface area (Å²) in [6, 6.07) is 14.1. The van der Waals surface area contributed by atoms with Crippen molar-refractivity contribution in [3.8, 4) is 0 Å². The van der Waals surface area contributed by atoms with Crippen molar-refractivity contribution < 1.29 is 17.9 Å². The predicted octanol–water partition coefficient (Wildman–Crippen LogP) is 3.74. The first kappa shape index (κ1) is 21.7. The highest BCUT2D eigenvalue weighted by atomic mass is 32.2. The number of alkyl carbamates (subject to hydrolysis) is 1. The van der Waals surface area contributed by atoms with E-state index in [4.69, 9.17) is 4.74 Å². The molecule has 2 N–H and O–H groups in total. The van der Waals surface area contributed by atoms with Gasteiger partial charge < -0.3 is 10.1 Å². The average molecular weight is 428 g/mol. The number of ether oxygens (including phenoxy) is 1. The van der Waals surface area contributed by atoms with E-state index in [1.807, 2.05) is 30.3 Å². The smallest absolute Gasteiger partial charge is 0.407 e. The van der Waals surface area contributed by atoms with Crippen LogP contribution >= 0.6 is 0 Å². The fourth-order valence-electron chi connectivity index (χ4n) is 2.92. The molecule has 3 aromatic rings. The van der Waals surface area contributed by atoms with Gasteiger partial charge in [-0.25, -0.2) is 17.9 Å². The lowest BCUT2D eigenvalue weighted by Gasteiger charge is -2.19. The summed E-state index contributed by atoms with van der Waals surface area (Å²) in [5.41, 5.74) is 1.06. The third-order valence-electron chi connectivity index (χ3n) is 4.22. The van der Waals surface area contributed by atoms with Crippen LogP contribution in [0.15, 0.2) is 65.8 Å². The van der Waals surface area contributed by atoms with Gasteiger partial charge in [0.15, 0.2) is 0 Å². The summed E-state index contributed by atoms with van der Waals surface area (Å²) in [6.45, 7) is 5.80. The van der Waals surface area contributed by atoms with E-state index in [2.05, 4.69) is 15.0 Å². The van der Waals surface area contributed by atoms with E-state index in [0.717, 1.165) is 16.5 Å². The zero-order valence-electron chi connectivity index (χ0n) is 17.2. The first-order chi connectivity index (χ1) is 14.1. The number of hydrogen-bond acceptors (Lipinski definition) is 5. The Balaban J connectivity index is 1.67. The van der Waals surface area contributed by atoms with Crippen LogP contribution in [0.2, 0.25) is 0 Å². The molecule has 8 heteroatoms. The summed E-state index contributed by atoms with van der Waals surface area (Å²) in [5, 5.41) is 4.08. The quantitative estimate of drug-likeness (QED) is 0.625. The Kier molecular flexibility index (Phi) is 6.38. The van der Waals surface area contributed by atoms with Crippen molar-refractivity contribution >= 4 is 26.9 Å². The first-order valence-corrected chi connectivity index (χ1v) is 11.0. The van der Waals surface area contributed by atoms with E-state index < -0.39 is 21.7 Å². The van der Waals surface area contributed by atoms with Crippen molar-refractivity contribution in [2.75, 3.05) is 0 Å². The van der Waals surface area contributed by atoms with Crippen molar-refractivity contribution in [2.24, 2.45) is 0 Å². The second kappa shape index (κ2) is 8.81. The molecule has 0 radical (unpaired) electrons. The molecule has 0 spiro atoms. The van der Waals surface area contributed by atoms with Crippen LogP contribution in [0, 0.1) is 0 Å². The first-order valence-electron chi connectivity index (χ1n) is 9.51. The summed E-state index contributed by atoms with van der Waals surface area (Å²) >= 11 is 0. The molecule has 1 amide bonds. The van der Waals surface area contributed by atoms with Crippen LogP contribution in [0.25, 0.3) is 10.8 Å². The molecule has 0 atom stereocenters. The van der Waals surface area contributed by atoms with Gasteiger partial charge in [-0.1, -0.05) is 36.4 Å². The molecule has 0 bridgehead atoms. The van der Waals surface area contributed by atoms with Gasteiger partial charge in [0.25, 0.3) is 0 Å². The fraction of sp³-hybridized carbons (Fsp3) is 0.273. The summed E-state index contributed by atoms with van der Waals surface area (Å²) in [4.78, 5) is 16.1. The van der Waals surface area contributed by atoms with Crippen molar-refractivity contribution in [1.82, 2.24) is 15.0 Å². The second-order valence-corrected chi connectivity index (χ2v) is 9.59. The van der Waals surface area contributed by atoms with Gasteiger partial charge in [-0.3, -0.25) is 4.98 Å². The standard InChI is InChI=1S/C22H25N3O4S/c1-22(2,3)29-21(26)24-13-16-6-4-7-17(12-16)14-25-30(27,28)20-9-5-8-18-15-23-11-10-19(18)20/h4-12,15,25H,13-14H2,1-3H3,(H,24,26). The summed E-state index contributed by atoms with van der Waals surface area (Å²) < 4.78 is 33.6. The number of nitrogens with one attached hydrogen (secondary N) is 2. The number of rotatable bonds is 6. The Morgan fingerprint density at radius 3 is 2.47 bits per heavy atom. The maximum Gasteiger partial charge on any atom is 0.407 e. The molecule has 30 heavy (non-hydrogen) atoms. The molecule has 158 valence electrons. The van der Waals surface area contributed by atoms with Crippen LogP contribution in [0.5, 0.6) is 0 Å². The van der Waals surface area contributed by atoms with Gasteiger partial charge in [-0.2, -0.15) is 0 Å². The van der Waals surface area contributed by atoms with Crippen molar-refractivity contribution in [3.63, 3.8) is 0 Å². The molecular formula is C22H25N3O4S. The van der Waals surface area contributed by atoms with Crippen LogP contribution in [-0.4, -0.2) is 25.1 Å². The minimum atomic E-state index is -3.71. The number of hydrogen-bond donors (Lipinski definition) is 2. The number of carbonyl (C=O) groups excluding carboxylic acids is 1. The number of fused-ring (bicyclic) bond motifs is 1.